The van der Waals surface area contributed by atoms with Crippen molar-refractivity contribution < 1.29 is 9.59 Å². The summed E-state index contributed by atoms with van der Waals surface area (Å²) in [5.41, 5.74) is -0.519. The van der Waals surface area contributed by atoms with Crippen LogP contribution in [0.3, 0.4) is 0 Å². The molecule has 20 heavy (non-hydrogen) atoms. The first-order valence-electron chi connectivity index (χ1n) is 8.24. The molecule has 4 nitrogen and oxygen atoms in total. The van der Waals surface area contributed by atoms with Crippen molar-refractivity contribution in [2.75, 3.05) is 6.54 Å². The van der Waals surface area contributed by atoms with Crippen LogP contribution in [0.1, 0.15) is 71.6 Å². The summed E-state index contributed by atoms with van der Waals surface area (Å²) in [4.78, 5) is 26.8. The summed E-state index contributed by atoms with van der Waals surface area (Å²) in [5, 5.41) is 2.87. The number of carbonyl (C=O) groups is 2. The van der Waals surface area contributed by atoms with Gasteiger partial charge in [0.25, 0.3) is 0 Å². The zero-order chi connectivity index (χ0) is 14.6. The number of nitrogens with one attached hydrogen (secondary N) is 1. The van der Waals surface area contributed by atoms with Crippen LogP contribution in [0.5, 0.6) is 0 Å². The lowest BCUT2D eigenvalue weighted by atomic mass is 9.89. The predicted octanol–water partition coefficient (Wildman–Crippen LogP) is 2.62. The van der Waals surface area contributed by atoms with Gasteiger partial charge in [0.1, 0.15) is 11.6 Å². The lowest BCUT2D eigenvalue weighted by molar-refractivity contribution is -0.156. The predicted molar refractivity (Wildman–Crippen MR) is 79.3 cm³/mol. The van der Waals surface area contributed by atoms with Crippen LogP contribution in [0, 0.1) is 0 Å². The van der Waals surface area contributed by atoms with Crippen LogP contribution in [-0.2, 0) is 9.59 Å². The Hall–Kier alpha value is -1.06. The summed E-state index contributed by atoms with van der Waals surface area (Å²) < 4.78 is 0. The number of unbranched alkanes of at least 4 members (excludes halogenated alkanes) is 4. The summed E-state index contributed by atoms with van der Waals surface area (Å²) in [5.74, 6) is 0.192. The topological polar surface area (TPSA) is 49.4 Å². The zero-order valence-electron chi connectivity index (χ0n) is 12.9. The average Bonchev–Trinajstić information content (AvgIpc) is 2.91. The van der Waals surface area contributed by atoms with E-state index in [2.05, 4.69) is 12.2 Å². The van der Waals surface area contributed by atoms with Gasteiger partial charge in [0, 0.05) is 6.54 Å². The first kappa shape index (κ1) is 15.3. The highest BCUT2D eigenvalue weighted by Crippen LogP contribution is 2.38. The van der Waals surface area contributed by atoms with E-state index >= 15 is 0 Å². The van der Waals surface area contributed by atoms with Crippen LogP contribution < -0.4 is 5.32 Å². The van der Waals surface area contributed by atoms with Crippen molar-refractivity contribution in [1.29, 1.82) is 0 Å². The van der Waals surface area contributed by atoms with Crippen LogP contribution >= 0.6 is 0 Å². The fourth-order valence-corrected chi connectivity index (χ4v) is 3.61. The van der Waals surface area contributed by atoms with Crippen LogP contribution in [0.2, 0.25) is 0 Å². The van der Waals surface area contributed by atoms with E-state index in [1.54, 1.807) is 6.92 Å². The molecule has 4 heteroatoms. The molecular weight excluding hydrogens is 252 g/mol. The molecule has 0 aromatic heterocycles. The molecule has 1 atom stereocenters. The second-order valence-electron chi connectivity index (χ2n) is 6.34. The minimum atomic E-state index is -0.519. The number of piperazine rings is 1. The van der Waals surface area contributed by atoms with Gasteiger partial charge in [-0.05, 0) is 26.2 Å². The highest BCUT2D eigenvalue weighted by Gasteiger charge is 2.52. The summed E-state index contributed by atoms with van der Waals surface area (Å²) in [6.07, 6.45) is 9.69. The van der Waals surface area contributed by atoms with Gasteiger partial charge in [-0.3, -0.25) is 9.59 Å². The van der Waals surface area contributed by atoms with Crippen molar-refractivity contribution in [2.24, 2.45) is 0 Å². The molecule has 1 spiro atoms. The summed E-state index contributed by atoms with van der Waals surface area (Å²) in [6.45, 7) is 4.75. The molecule has 1 N–H and O–H groups in total. The largest absolute Gasteiger partial charge is 0.343 e. The smallest absolute Gasteiger partial charge is 0.246 e. The van der Waals surface area contributed by atoms with Gasteiger partial charge in [0.2, 0.25) is 11.8 Å². The molecule has 1 saturated heterocycles. The van der Waals surface area contributed by atoms with Gasteiger partial charge in [0.05, 0.1) is 0 Å². The number of nitrogens with zero attached hydrogens (tertiary/aromatic N) is 1. The maximum atomic E-state index is 12.5. The minimum Gasteiger partial charge on any atom is -0.343 e. The first-order chi connectivity index (χ1) is 9.62. The van der Waals surface area contributed by atoms with E-state index in [1.165, 1.54) is 19.3 Å². The Labute approximate surface area is 122 Å². The number of hydrogen-bond donors (Lipinski definition) is 1. The Morgan fingerprint density at radius 2 is 1.80 bits per heavy atom. The van der Waals surface area contributed by atoms with Crippen molar-refractivity contribution in [3.05, 3.63) is 0 Å². The van der Waals surface area contributed by atoms with E-state index in [1.807, 2.05) is 4.90 Å². The van der Waals surface area contributed by atoms with Crippen molar-refractivity contribution in [1.82, 2.24) is 10.2 Å². The van der Waals surface area contributed by atoms with E-state index in [0.29, 0.717) is 0 Å². The highest BCUT2D eigenvalue weighted by atomic mass is 16.2. The quantitative estimate of drug-likeness (QED) is 0.760. The van der Waals surface area contributed by atoms with Crippen molar-refractivity contribution in [3.8, 4) is 0 Å². The third-order valence-corrected chi connectivity index (χ3v) is 4.84. The molecule has 2 fully saturated rings. The van der Waals surface area contributed by atoms with E-state index in [4.69, 9.17) is 0 Å². The number of carbonyl (C=O) groups excluding carboxylic acids is 2. The van der Waals surface area contributed by atoms with E-state index in [9.17, 15) is 9.59 Å². The van der Waals surface area contributed by atoms with Crippen LogP contribution in [0.4, 0.5) is 0 Å². The molecule has 1 saturated carbocycles. The maximum absolute atomic E-state index is 12.5. The highest BCUT2D eigenvalue weighted by molar-refractivity contribution is 5.99. The van der Waals surface area contributed by atoms with Gasteiger partial charge in [-0.1, -0.05) is 45.4 Å². The molecule has 114 valence electrons. The molecular formula is C16H28N2O2. The van der Waals surface area contributed by atoms with Gasteiger partial charge in [-0.15, -0.1) is 0 Å². The summed E-state index contributed by atoms with van der Waals surface area (Å²) >= 11 is 0. The van der Waals surface area contributed by atoms with Crippen molar-refractivity contribution in [2.45, 2.75) is 83.2 Å². The number of amides is 2. The van der Waals surface area contributed by atoms with E-state index in [-0.39, 0.29) is 17.9 Å². The standard InChI is InChI=1S/C16H28N2O2/c1-3-4-5-6-9-12-18-14(19)13(2)17-15(20)16(18)10-7-8-11-16/h13H,3-12H2,1-2H3,(H,17,20). The van der Waals surface area contributed by atoms with Gasteiger partial charge in [0.15, 0.2) is 0 Å². The Bertz CT molecular complexity index is 361. The van der Waals surface area contributed by atoms with Gasteiger partial charge in [-0.25, -0.2) is 0 Å². The van der Waals surface area contributed by atoms with Gasteiger partial charge in [-0.2, -0.15) is 0 Å². The zero-order valence-corrected chi connectivity index (χ0v) is 12.9. The molecule has 1 heterocycles. The number of hydrogen-bond acceptors (Lipinski definition) is 2. The molecule has 0 aromatic rings. The molecule has 2 aliphatic rings. The minimum absolute atomic E-state index is 0.0793. The van der Waals surface area contributed by atoms with Gasteiger partial charge >= 0.3 is 0 Å². The van der Waals surface area contributed by atoms with E-state index < -0.39 is 5.54 Å². The summed E-state index contributed by atoms with van der Waals surface area (Å²) in [6, 6.07) is -0.357. The van der Waals surface area contributed by atoms with Crippen molar-refractivity contribution >= 4 is 11.8 Å². The first-order valence-corrected chi connectivity index (χ1v) is 8.24. The Kier molecular flexibility index (Phi) is 5.06. The molecule has 1 unspecified atom stereocenters. The third-order valence-electron chi connectivity index (χ3n) is 4.84. The summed E-state index contributed by atoms with van der Waals surface area (Å²) in [7, 11) is 0. The lowest BCUT2D eigenvalue weighted by Gasteiger charge is -2.45. The lowest BCUT2D eigenvalue weighted by Crippen LogP contribution is -2.69. The average molecular weight is 280 g/mol. The Morgan fingerprint density at radius 3 is 2.45 bits per heavy atom. The molecule has 2 amide bonds. The molecule has 2 rings (SSSR count). The Morgan fingerprint density at radius 1 is 1.15 bits per heavy atom. The molecule has 1 aliphatic carbocycles. The maximum Gasteiger partial charge on any atom is 0.246 e. The van der Waals surface area contributed by atoms with Crippen LogP contribution in [-0.4, -0.2) is 34.8 Å². The second-order valence-corrected chi connectivity index (χ2v) is 6.34. The molecule has 0 aromatic carbocycles. The Balaban J connectivity index is 2.00. The van der Waals surface area contributed by atoms with E-state index in [0.717, 1.165) is 45.1 Å². The molecule has 1 aliphatic heterocycles. The number of rotatable bonds is 6. The SMILES string of the molecule is CCCCCCCN1C(=O)C(C)NC(=O)C12CCCC2. The normalized spacial score (nSPS) is 25.3. The van der Waals surface area contributed by atoms with Crippen LogP contribution in [0.25, 0.3) is 0 Å². The van der Waals surface area contributed by atoms with Gasteiger partial charge < -0.3 is 10.2 Å². The molecule has 0 bridgehead atoms. The van der Waals surface area contributed by atoms with Crippen molar-refractivity contribution in [3.63, 3.8) is 0 Å². The fraction of sp³-hybridized carbons (Fsp3) is 0.875. The second kappa shape index (κ2) is 6.59. The monoisotopic (exact) mass is 280 g/mol. The van der Waals surface area contributed by atoms with Crippen LogP contribution in [0.15, 0.2) is 0 Å². The fourth-order valence-electron chi connectivity index (χ4n) is 3.61. The molecule has 0 radical (unpaired) electrons. The third kappa shape index (κ3) is 2.84.